The molecule has 30 heavy (non-hydrogen) atoms. The average Bonchev–Trinajstić information content (AvgIpc) is 3.48. The number of nitrogens with zero attached hydrogens (tertiary/aromatic N) is 2. The zero-order valence-electron chi connectivity index (χ0n) is 15.9. The van der Waals surface area contributed by atoms with Gasteiger partial charge in [-0.3, -0.25) is 4.79 Å². The molecule has 0 saturated carbocycles. The molecule has 3 aliphatic heterocycles. The van der Waals surface area contributed by atoms with Gasteiger partial charge in [-0.05, 0) is 47.8 Å². The highest BCUT2D eigenvalue weighted by atomic mass is 35.5. The van der Waals surface area contributed by atoms with Crippen molar-refractivity contribution in [3.05, 3.63) is 74.9 Å². The predicted octanol–water partition coefficient (Wildman–Crippen LogP) is 4.76. The van der Waals surface area contributed by atoms with Crippen LogP contribution in [0.2, 0.25) is 5.02 Å². The van der Waals surface area contributed by atoms with E-state index < -0.39 is 5.72 Å². The molecule has 0 fully saturated rings. The predicted molar refractivity (Wildman–Crippen MR) is 115 cm³/mol. The van der Waals surface area contributed by atoms with Gasteiger partial charge in [0.05, 0.1) is 35.0 Å². The Hall–Kier alpha value is -3.03. The van der Waals surface area contributed by atoms with Crippen LogP contribution in [-0.4, -0.2) is 23.7 Å². The Balaban J connectivity index is 1.60. The van der Waals surface area contributed by atoms with Crippen LogP contribution in [0.25, 0.3) is 0 Å². The van der Waals surface area contributed by atoms with Crippen LogP contribution < -0.4 is 14.8 Å². The summed E-state index contributed by atoms with van der Waals surface area (Å²) < 4.78 is 11.9. The summed E-state index contributed by atoms with van der Waals surface area (Å²) in [4.78, 5) is 14.5. The molecule has 1 N–H and O–H groups in total. The normalized spacial score (nSPS) is 23.4. The Morgan fingerprint density at radius 1 is 1.30 bits per heavy atom. The number of fused-ring (bicyclic) bond motifs is 6. The molecule has 2 aromatic carbocycles. The third-order valence-electron chi connectivity index (χ3n) is 5.77. The molecule has 150 valence electrons. The maximum absolute atomic E-state index is 13.4. The number of carbonyl (C=O) groups is 1. The van der Waals surface area contributed by atoms with Crippen molar-refractivity contribution >= 4 is 40.2 Å². The summed E-state index contributed by atoms with van der Waals surface area (Å²) in [6.07, 6.45) is 0.658. The Bertz CT molecular complexity index is 1230. The standard InChI is InChI=1S/C22H16ClN3O3S/c1-28-13-5-6-16-15(10-13)22(21(27)24-16)26-18(11-17(25-26)20-3-2-8-30-20)14-9-12(23)4-7-19(14)29-22/h2-10,18H,11H2,1H3,(H,24,27). The summed E-state index contributed by atoms with van der Waals surface area (Å²) in [7, 11) is 1.60. The fourth-order valence-electron chi connectivity index (χ4n) is 4.41. The number of hydrogen-bond acceptors (Lipinski definition) is 6. The van der Waals surface area contributed by atoms with E-state index in [0.29, 0.717) is 34.2 Å². The van der Waals surface area contributed by atoms with Crippen LogP contribution in [0.4, 0.5) is 5.69 Å². The highest BCUT2D eigenvalue weighted by Gasteiger charge is 2.61. The zero-order chi connectivity index (χ0) is 20.5. The minimum atomic E-state index is -1.41. The SMILES string of the molecule is COc1ccc2c(c1)C1(Oc3ccc(Cl)cc3C3CC(c4cccs4)=NN31)C(=O)N2. The first kappa shape index (κ1) is 17.8. The number of anilines is 1. The fraction of sp³-hybridized carbons (Fsp3) is 0.182. The highest BCUT2D eigenvalue weighted by molar-refractivity contribution is 7.12. The number of hydrazone groups is 1. The molecule has 6 rings (SSSR count). The van der Waals surface area contributed by atoms with Crippen LogP contribution in [0.1, 0.15) is 28.5 Å². The van der Waals surface area contributed by atoms with Crippen LogP contribution in [-0.2, 0) is 10.5 Å². The number of ether oxygens (including phenoxy) is 2. The molecule has 2 unspecified atom stereocenters. The maximum Gasteiger partial charge on any atom is 0.306 e. The van der Waals surface area contributed by atoms with E-state index in [2.05, 4.69) is 5.32 Å². The van der Waals surface area contributed by atoms with Gasteiger partial charge in [0.2, 0.25) is 0 Å². The lowest BCUT2D eigenvalue weighted by Gasteiger charge is -2.44. The maximum atomic E-state index is 13.4. The van der Waals surface area contributed by atoms with E-state index in [1.54, 1.807) is 29.5 Å². The number of hydrogen-bond donors (Lipinski definition) is 1. The van der Waals surface area contributed by atoms with E-state index >= 15 is 0 Å². The van der Waals surface area contributed by atoms with Gasteiger partial charge in [-0.25, -0.2) is 5.01 Å². The number of rotatable bonds is 2. The summed E-state index contributed by atoms with van der Waals surface area (Å²) in [6.45, 7) is 0. The third-order valence-corrected chi connectivity index (χ3v) is 6.93. The molecule has 6 nitrogen and oxygen atoms in total. The topological polar surface area (TPSA) is 63.2 Å². The van der Waals surface area contributed by atoms with Gasteiger partial charge in [-0.1, -0.05) is 17.7 Å². The molecule has 1 aromatic heterocycles. The second-order valence-electron chi connectivity index (χ2n) is 7.38. The van der Waals surface area contributed by atoms with Crippen LogP contribution in [0.15, 0.2) is 59.0 Å². The van der Waals surface area contributed by atoms with Gasteiger partial charge in [-0.15, -0.1) is 11.3 Å². The van der Waals surface area contributed by atoms with Crippen LogP contribution in [0.5, 0.6) is 11.5 Å². The van der Waals surface area contributed by atoms with Crippen molar-refractivity contribution in [2.24, 2.45) is 5.10 Å². The molecule has 0 radical (unpaired) electrons. The van der Waals surface area contributed by atoms with Crippen molar-refractivity contribution in [1.29, 1.82) is 0 Å². The minimum absolute atomic E-state index is 0.174. The van der Waals surface area contributed by atoms with Crippen LogP contribution in [0, 0.1) is 0 Å². The van der Waals surface area contributed by atoms with Crippen LogP contribution >= 0.6 is 22.9 Å². The first-order valence-electron chi connectivity index (χ1n) is 9.49. The van der Waals surface area contributed by atoms with Crippen molar-refractivity contribution in [1.82, 2.24) is 5.01 Å². The first-order chi connectivity index (χ1) is 14.6. The molecule has 2 atom stereocenters. The summed E-state index contributed by atoms with van der Waals surface area (Å²) in [6, 6.07) is 14.8. The molecule has 0 saturated heterocycles. The Morgan fingerprint density at radius 3 is 3.00 bits per heavy atom. The Morgan fingerprint density at radius 2 is 2.20 bits per heavy atom. The largest absolute Gasteiger partial charge is 0.497 e. The van der Waals surface area contributed by atoms with Gasteiger partial charge in [-0.2, -0.15) is 5.10 Å². The fourth-order valence-corrected chi connectivity index (χ4v) is 5.31. The molecule has 3 aromatic rings. The van der Waals surface area contributed by atoms with Gasteiger partial charge in [0.1, 0.15) is 11.5 Å². The smallest absolute Gasteiger partial charge is 0.306 e. The molecule has 4 heterocycles. The first-order valence-corrected chi connectivity index (χ1v) is 10.7. The molecule has 0 bridgehead atoms. The second-order valence-corrected chi connectivity index (χ2v) is 8.77. The highest BCUT2D eigenvalue weighted by Crippen LogP contribution is 2.55. The monoisotopic (exact) mass is 437 g/mol. The van der Waals surface area contributed by atoms with Crippen molar-refractivity contribution in [3.63, 3.8) is 0 Å². The molecule has 3 aliphatic rings. The van der Waals surface area contributed by atoms with Crippen molar-refractivity contribution < 1.29 is 14.3 Å². The minimum Gasteiger partial charge on any atom is -0.497 e. The lowest BCUT2D eigenvalue weighted by molar-refractivity contribution is -0.161. The van der Waals surface area contributed by atoms with Gasteiger partial charge in [0.15, 0.2) is 0 Å². The summed E-state index contributed by atoms with van der Waals surface area (Å²) >= 11 is 7.93. The quantitative estimate of drug-likeness (QED) is 0.628. The second kappa shape index (κ2) is 6.23. The molecule has 1 spiro atoms. The van der Waals surface area contributed by atoms with E-state index in [4.69, 9.17) is 26.2 Å². The number of methoxy groups -OCH3 is 1. The number of amides is 1. The summed E-state index contributed by atoms with van der Waals surface area (Å²) in [5.41, 5.74) is 1.82. The molecular weight excluding hydrogens is 422 g/mol. The lowest BCUT2D eigenvalue weighted by Crippen LogP contribution is -2.55. The van der Waals surface area contributed by atoms with Gasteiger partial charge >= 0.3 is 5.72 Å². The molecular formula is C22H16ClN3O3S. The van der Waals surface area contributed by atoms with Gasteiger partial charge in [0, 0.05) is 17.0 Å². The third kappa shape index (κ3) is 2.30. The number of benzene rings is 2. The van der Waals surface area contributed by atoms with E-state index in [-0.39, 0.29) is 11.9 Å². The Labute approximate surface area is 181 Å². The number of thiophene rings is 1. The van der Waals surface area contributed by atoms with Gasteiger partial charge < -0.3 is 14.8 Å². The number of nitrogens with one attached hydrogen (secondary N) is 1. The van der Waals surface area contributed by atoms with Crippen molar-refractivity contribution in [2.75, 3.05) is 12.4 Å². The van der Waals surface area contributed by atoms with Gasteiger partial charge in [0.25, 0.3) is 5.91 Å². The van der Waals surface area contributed by atoms with Crippen LogP contribution in [0.3, 0.4) is 0 Å². The van der Waals surface area contributed by atoms with E-state index in [1.165, 1.54) is 0 Å². The van der Waals surface area contributed by atoms with E-state index in [0.717, 1.165) is 16.2 Å². The van der Waals surface area contributed by atoms with E-state index in [1.807, 2.05) is 47.8 Å². The van der Waals surface area contributed by atoms with Crippen molar-refractivity contribution in [3.8, 4) is 11.5 Å². The van der Waals surface area contributed by atoms with E-state index in [9.17, 15) is 4.79 Å². The number of halogens is 1. The lowest BCUT2D eigenvalue weighted by atomic mass is 9.93. The average molecular weight is 438 g/mol. The van der Waals surface area contributed by atoms with Crippen molar-refractivity contribution in [2.45, 2.75) is 18.2 Å². The molecule has 0 aliphatic carbocycles. The summed E-state index contributed by atoms with van der Waals surface area (Å²) in [5.74, 6) is 1.01. The number of carbonyl (C=O) groups excluding carboxylic acids is 1. The molecule has 1 amide bonds. The molecule has 8 heteroatoms. The zero-order valence-corrected chi connectivity index (χ0v) is 17.5. The Kier molecular flexibility index (Phi) is 3.70. The summed E-state index contributed by atoms with van der Waals surface area (Å²) in [5, 5.41) is 12.3.